The molecule has 0 aliphatic rings. The summed E-state index contributed by atoms with van der Waals surface area (Å²) in [4.78, 5) is 1.93. The second-order valence-electron chi connectivity index (χ2n) is 6.13. The van der Waals surface area contributed by atoms with E-state index in [1.165, 1.54) is 11.3 Å². The lowest BCUT2D eigenvalue weighted by atomic mass is 10.0. The third-order valence-electron chi connectivity index (χ3n) is 4.07. The molecule has 3 rings (SSSR count). The van der Waals surface area contributed by atoms with Gasteiger partial charge >= 0.3 is 0 Å². The first kappa shape index (κ1) is 17.8. The topological polar surface area (TPSA) is 74.8 Å². The average Bonchev–Trinajstić information content (AvgIpc) is 3.19. The molecule has 0 saturated carbocycles. The molecule has 2 N–H and O–H groups in total. The first-order chi connectivity index (χ1) is 11.9. The number of aromatic nitrogens is 2. The number of hydrogen-bond acceptors (Lipinski definition) is 4. The number of benzene rings is 1. The van der Waals surface area contributed by atoms with Crippen LogP contribution in [0, 0.1) is 13.8 Å². The minimum atomic E-state index is -3.55. The Balaban J connectivity index is 1.77. The van der Waals surface area contributed by atoms with Crippen molar-refractivity contribution in [1.82, 2.24) is 14.9 Å². The van der Waals surface area contributed by atoms with Crippen LogP contribution in [0.5, 0.6) is 0 Å². The summed E-state index contributed by atoms with van der Waals surface area (Å²) in [5.74, 6) is 0.100. The molecule has 0 unspecified atom stereocenters. The molecular weight excluding hydrogens is 354 g/mol. The van der Waals surface area contributed by atoms with Crippen LogP contribution < -0.4 is 4.72 Å². The van der Waals surface area contributed by atoms with Gasteiger partial charge in [-0.15, -0.1) is 11.3 Å². The van der Waals surface area contributed by atoms with E-state index in [4.69, 9.17) is 0 Å². The number of sulfonamides is 1. The van der Waals surface area contributed by atoms with Gasteiger partial charge in [0.25, 0.3) is 0 Å². The molecule has 2 heterocycles. The second-order valence-corrected chi connectivity index (χ2v) is 9.12. The van der Waals surface area contributed by atoms with Crippen molar-refractivity contribution in [1.29, 1.82) is 0 Å². The monoisotopic (exact) mass is 375 g/mol. The van der Waals surface area contributed by atoms with E-state index in [2.05, 4.69) is 14.9 Å². The minimum Gasteiger partial charge on any atom is -0.282 e. The molecule has 25 heavy (non-hydrogen) atoms. The molecule has 0 bridgehead atoms. The van der Waals surface area contributed by atoms with Crippen LogP contribution in [-0.4, -0.2) is 25.2 Å². The third kappa shape index (κ3) is 4.00. The van der Waals surface area contributed by atoms with E-state index in [-0.39, 0.29) is 5.92 Å². The number of H-pyrrole nitrogens is 1. The van der Waals surface area contributed by atoms with E-state index in [9.17, 15) is 8.42 Å². The van der Waals surface area contributed by atoms with Gasteiger partial charge in [0.05, 0.1) is 9.77 Å². The Labute approximate surface area is 152 Å². The van der Waals surface area contributed by atoms with Crippen LogP contribution >= 0.6 is 11.3 Å². The SMILES string of the molecule is Cc1cc(-c2cc(S(=O)(=O)NC[C@@H](C)c3ccccc3)c(C)s2)n[nH]1. The van der Waals surface area contributed by atoms with Gasteiger partial charge in [0.15, 0.2) is 0 Å². The van der Waals surface area contributed by atoms with E-state index in [0.717, 1.165) is 26.7 Å². The van der Waals surface area contributed by atoms with Gasteiger partial charge in [-0.05, 0) is 37.5 Å². The fraction of sp³-hybridized carbons (Fsp3) is 0.278. The Hall–Kier alpha value is -1.96. The number of nitrogens with zero attached hydrogens (tertiary/aromatic N) is 1. The number of thiophene rings is 1. The average molecular weight is 376 g/mol. The predicted octanol–water partition coefficient (Wildman–Crippen LogP) is 3.84. The molecule has 5 nitrogen and oxygen atoms in total. The van der Waals surface area contributed by atoms with Crippen molar-refractivity contribution in [3.05, 3.63) is 58.6 Å². The standard InChI is InChI=1S/C18H21N3O2S2/c1-12(15-7-5-4-6-8-15)11-19-25(22,23)18-10-17(24-14(18)3)16-9-13(2)20-21-16/h4-10,12,19H,11H2,1-3H3,(H,20,21)/t12-/m1/s1. The van der Waals surface area contributed by atoms with Gasteiger partial charge in [0, 0.05) is 17.1 Å². The summed E-state index contributed by atoms with van der Waals surface area (Å²) < 4.78 is 28.1. The van der Waals surface area contributed by atoms with Crippen LogP contribution in [-0.2, 0) is 10.0 Å². The van der Waals surface area contributed by atoms with Gasteiger partial charge < -0.3 is 0 Å². The van der Waals surface area contributed by atoms with Gasteiger partial charge in [-0.2, -0.15) is 5.10 Å². The fourth-order valence-corrected chi connectivity index (χ4v) is 5.29. The Morgan fingerprint density at radius 2 is 1.92 bits per heavy atom. The van der Waals surface area contributed by atoms with Crippen molar-refractivity contribution >= 4 is 21.4 Å². The molecule has 0 radical (unpaired) electrons. The summed E-state index contributed by atoms with van der Waals surface area (Å²) >= 11 is 1.44. The van der Waals surface area contributed by atoms with Gasteiger partial charge in [0.1, 0.15) is 5.69 Å². The molecule has 0 aliphatic carbocycles. The first-order valence-corrected chi connectivity index (χ1v) is 10.3. The van der Waals surface area contributed by atoms with Crippen molar-refractivity contribution in [3.63, 3.8) is 0 Å². The Morgan fingerprint density at radius 3 is 2.56 bits per heavy atom. The highest BCUT2D eigenvalue weighted by Crippen LogP contribution is 2.32. The molecule has 1 aromatic carbocycles. The highest BCUT2D eigenvalue weighted by Gasteiger charge is 2.22. The summed E-state index contributed by atoms with van der Waals surface area (Å²) in [5.41, 5.74) is 2.82. The van der Waals surface area contributed by atoms with Gasteiger partial charge in [-0.3, -0.25) is 5.10 Å². The Kier molecular flexibility index (Phi) is 5.08. The van der Waals surface area contributed by atoms with Gasteiger partial charge in [-0.25, -0.2) is 13.1 Å². The maximum absolute atomic E-state index is 12.7. The molecule has 132 valence electrons. The minimum absolute atomic E-state index is 0.100. The Morgan fingerprint density at radius 1 is 1.20 bits per heavy atom. The molecule has 0 fully saturated rings. The van der Waals surface area contributed by atoms with Gasteiger partial charge in [-0.1, -0.05) is 37.3 Å². The molecule has 3 aromatic rings. The van der Waals surface area contributed by atoms with Crippen LogP contribution in [0.3, 0.4) is 0 Å². The predicted molar refractivity (Wildman–Crippen MR) is 101 cm³/mol. The molecule has 0 saturated heterocycles. The maximum Gasteiger partial charge on any atom is 0.241 e. The molecule has 7 heteroatoms. The molecule has 0 amide bonds. The largest absolute Gasteiger partial charge is 0.282 e. The smallest absolute Gasteiger partial charge is 0.241 e. The van der Waals surface area contributed by atoms with E-state index in [1.807, 2.05) is 57.2 Å². The van der Waals surface area contributed by atoms with Crippen LogP contribution in [0.15, 0.2) is 47.4 Å². The molecule has 0 spiro atoms. The van der Waals surface area contributed by atoms with E-state index >= 15 is 0 Å². The molecule has 1 atom stereocenters. The molecule has 2 aromatic heterocycles. The zero-order valence-corrected chi connectivity index (χ0v) is 16.0. The van der Waals surface area contributed by atoms with E-state index in [1.54, 1.807) is 6.07 Å². The highest BCUT2D eigenvalue weighted by molar-refractivity contribution is 7.89. The van der Waals surface area contributed by atoms with Crippen LogP contribution in [0.1, 0.15) is 29.0 Å². The van der Waals surface area contributed by atoms with Gasteiger partial charge in [0.2, 0.25) is 10.0 Å². The van der Waals surface area contributed by atoms with Crippen LogP contribution in [0.25, 0.3) is 10.6 Å². The number of nitrogens with one attached hydrogen (secondary N) is 2. The Bertz CT molecular complexity index is 959. The summed E-state index contributed by atoms with van der Waals surface area (Å²) in [6.45, 7) is 6.11. The first-order valence-electron chi connectivity index (χ1n) is 8.04. The van der Waals surface area contributed by atoms with E-state index < -0.39 is 10.0 Å². The lowest BCUT2D eigenvalue weighted by Gasteiger charge is -2.13. The molecule has 0 aliphatic heterocycles. The number of rotatable bonds is 6. The van der Waals surface area contributed by atoms with Crippen molar-refractivity contribution in [2.75, 3.05) is 6.54 Å². The highest BCUT2D eigenvalue weighted by atomic mass is 32.2. The number of hydrogen-bond donors (Lipinski definition) is 2. The second kappa shape index (κ2) is 7.11. The third-order valence-corrected chi connectivity index (χ3v) is 6.82. The fourth-order valence-electron chi connectivity index (χ4n) is 2.61. The zero-order valence-electron chi connectivity index (χ0n) is 14.4. The number of aromatic amines is 1. The van der Waals surface area contributed by atoms with Crippen molar-refractivity contribution < 1.29 is 8.42 Å². The van der Waals surface area contributed by atoms with Crippen molar-refractivity contribution in [2.45, 2.75) is 31.6 Å². The van der Waals surface area contributed by atoms with Crippen molar-refractivity contribution in [2.24, 2.45) is 0 Å². The molecular formula is C18H21N3O2S2. The lowest BCUT2D eigenvalue weighted by molar-refractivity contribution is 0.575. The lowest BCUT2D eigenvalue weighted by Crippen LogP contribution is -2.27. The zero-order chi connectivity index (χ0) is 18.0. The quantitative estimate of drug-likeness (QED) is 0.687. The normalized spacial score (nSPS) is 13.1. The summed E-state index contributed by atoms with van der Waals surface area (Å²) in [6, 6.07) is 13.5. The number of aryl methyl sites for hydroxylation is 2. The summed E-state index contributed by atoms with van der Waals surface area (Å²) in [6.07, 6.45) is 0. The van der Waals surface area contributed by atoms with E-state index in [0.29, 0.717) is 11.4 Å². The van der Waals surface area contributed by atoms with Crippen LogP contribution in [0.4, 0.5) is 0 Å². The van der Waals surface area contributed by atoms with Crippen LogP contribution in [0.2, 0.25) is 0 Å². The summed E-state index contributed by atoms with van der Waals surface area (Å²) in [5, 5.41) is 7.09. The maximum atomic E-state index is 12.7. The summed E-state index contributed by atoms with van der Waals surface area (Å²) in [7, 11) is -3.55. The van der Waals surface area contributed by atoms with Crippen molar-refractivity contribution in [3.8, 4) is 10.6 Å².